The van der Waals surface area contributed by atoms with E-state index in [-0.39, 0.29) is 17.7 Å². The van der Waals surface area contributed by atoms with Gasteiger partial charge in [-0.1, -0.05) is 50.2 Å². The van der Waals surface area contributed by atoms with Crippen molar-refractivity contribution >= 4 is 40.0 Å². The standard InChI is InChI=1S/C28H32N2O2S/c1-4-20(3)33-23-12-13-26(19(2)18-23)29-27(31)22-14-16-30(17-15-22)28(32)25-11-7-9-21-8-5-6-10-24(21)25/h5-13,18,20,22H,4,14-17H2,1-3H3,(H,29,31). The van der Waals surface area contributed by atoms with Gasteiger partial charge < -0.3 is 10.2 Å². The van der Waals surface area contributed by atoms with Crippen molar-refractivity contribution in [3.63, 3.8) is 0 Å². The van der Waals surface area contributed by atoms with Gasteiger partial charge >= 0.3 is 0 Å². The number of nitrogens with one attached hydrogen (secondary N) is 1. The van der Waals surface area contributed by atoms with Crippen LogP contribution in [-0.4, -0.2) is 35.1 Å². The van der Waals surface area contributed by atoms with Crippen LogP contribution in [0.5, 0.6) is 0 Å². The molecule has 33 heavy (non-hydrogen) atoms. The van der Waals surface area contributed by atoms with Crippen LogP contribution >= 0.6 is 11.8 Å². The number of hydrogen-bond donors (Lipinski definition) is 1. The third-order valence-electron chi connectivity index (χ3n) is 6.54. The number of amides is 2. The number of anilines is 1. The Balaban J connectivity index is 1.36. The van der Waals surface area contributed by atoms with E-state index in [1.165, 1.54) is 4.90 Å². The first kappa shape index (κ1) is 23.4. The van der Waals surface area contributed by atoms with Gasteiger partial charge in [0, 0.05) is 40.4 Å². The number of fused-ring (bicyclic) bond motifs is 1. The molecule has 0 aromatic heterocycles. The van der Waals surface area contributed by atoms with Gasteiger partial charge in [-0.25, -0.2) is 0 Å². The summed E-state index contributed by atoms with van der Waals surface area (Å²) in [5.74, 6) is 0.0312. The molecule has 0 spiro atoms. The molecule has 3 aromatic rings. The highest BCUT2D eigenvalue weighted by Crippen LogP contribution is 2.29. The highest BCUT2D eigenvalue weighted by Gasteiger charge is 2.28. The number of rotatable bonds is 6. The lowest BCUT2D eigenvalue weighted by atomic mass is 9.94. The van der Waals surface area contributed by atoms with Crippen molar-refractivity contribution in [3.8, 4) is 0 Å². The molecule has 1 aliphatic rings. The molecule has 0 radical (unpaired) electrons. The Morgan fingerprint density at radius 3 is 2.52 bits per heavy atom. The minimum absolute atomic E-state index is 0.0518. The molecule has 1 atom stereocenters. The van der Waals surface area contributed by atoms with Gasteiger partial charge in [0.1, 0.15) is 0 Å². The quantitative estimate of drug-likeness (QED) is 0.426. The van der Waals surface area contributed by atoms with Crippen molar-refractivity contribution < 1.29 is 9.59 Å². The molecule has 0 aliphatic carbocycles. The first-order valence-corrected chi connectivity index (χ1v) is 12.7. The molecule has 1 N–H and O–H groups in total. The lowest BCUT2D eigenvalue weighted by Crippen LogP contribution is -2.41. The molecule has 4 nitrogen and oxygen atoms in total. The van der Waals surface area contributed by atoms with Gasteiger partial charge in [0.2, 0.25) is 5.91 Å². The van der Waals surface area contributed by atoms with Crippen molar-refractivity contribution in [2.45, 2.75) is 50.2 Å². The van der Waals surface area contributed by atoms with E-state index in [4.69, 9.17) is 0 Å². The average Bonchev–Trinajstić information content (AvgIpc) is 2.85. The fourth-order valence-electron chi connectivity index (χ4n) is 4.33. The van der Waals surface area contributed by atoms with Crippen LogP contribution in [0.25, 0.3) is 10.8 Å². The maximum Gasteiger partial charge on any atom is 0.254 e. The van der Waals surface area contributed by atoms with Crippen LogP contribution in [0, 0.1) is 12.8 Å². The number of nitrogens with zero attached hydrogens (tertiary/aromatic N) is 1. The second kappa shape index (κ2) is 10.4. The van der Waals surface area contributed by atoms with E-state index in [9.17, 15) is 9.59 Å². The van der Waals surface area contributed by atoms with Gasteiger partial charge in [-0.15, -0.1) is 11.8 Å². The minimum Gasteiger partial charge on any atom is -0.339 e. The number of carbonyl (C=O) groups excluding carboxylic acids is 2. The highest BCUT2D eigenvalue weighted by molar-refractivity contribution is 7.99. The molecule has 1 fully saturated rings. The van der Waals surface area contributed by atoms with Gasteiger partial charge in [0.15, 0.2) is 0 Å². The van der Waals surface area contributed by atoms with Gasteiger partial charge in [-0.05, 0) is 66.8 Å². The maximum absolute atomic E-state index is 13.2. The summed E-state index contributed by atoms with van der Waals surface area (Å²) in [6, 6.07) is 20.1. The molecule has 2 amide bonds. The molecule has 1 unspecified atom stereocenters. The molecule has 1 saturated heterocycles. The van der Waals surface area contributed by atoms with Crippen LogP contribution in [0.3, 0.4) is 0 Å². The van der Waals surface area contributed by atoms with Gasteiger partial charge in [0.25, 0.3) is 5.91 Å². The van der Waals surface area contributed by atoms with Crippen molar-refractivity contribution in [2.75, 3.05) is 18.4 Å². The number of carbonyl (C=O) groups is 2. The largest absolute Gasteiger partial charge is 0.339 e. The second-order valence-corrected chi connectivity index (χ2v) is 10.4. The lowest BCUT2D eigenvalue weighted by Gasteiger charge is -2.31. The number of likely N-dealkylation sites (tertiary alicyclic amines) is 1. The SMILES string of the molecule is CCC(C)Sc1ccc(NC(=O)C2CCN(C(=O)c3cccc4ccccc34)CC2)c(C)c1. The van der Waals surface area contributed by atoms with E-state index in [0.29, 0.717) is 31.2 Å². The summed E-state index contributed by atoms with van der Waals surface area (Å²) in [6.07, 6.45) is 2.50. The van der Waals surface area contributed by atoms with Crippen molar-refractivity contribution in [2.24, 2.45) is 5.92 Å². The third-order valence-corrected chi connectivity index (χ3v) is 7.80. The number of piperidine rings is 1. The third kappa shape index (κ3) is 5.41. The van der Waals surface area contributed by atoms with Crippen LogP contribution in [0.4, 0.5) is 5.69 Å². The first-order chi connectivity index (χ1) is 16.0. The molecule has 0 bridgehead atoms. The Hall–Kier alpha value is -2.79. The summed E-state index contributed by atoms with van der Waals surface area (Å²) < 4.78 is 0. The predicted octanol–water partition coefficient (Wildman–Crippen LogP) is 6.53. The Morgan fingerprint density at radius 2 is 1.79 bits per heavy atom. The predicted molar refractivity (Wildman–Crippen MR) is 138 cm³/mol. The summed E-state index contributed by atoms with van der Waals surface area (Å²) >= 11 is 1.86. The lowest BCUT2D eigenvalue weighted by molar-refractivity contribution is -0.121. The van der Waals surface area contributed by atoms with Crippen LogP contribution in [0.1, 0.15) is 49.0 Å². The monoisotopic (exact) mass is 460 g/mol. The molecule has 0 saturated carbocycles. The average molecular weight is 461 g/mol. The number of hydrogen-bond acceptors (Lipinski definition) is 3. The Bertz CT molecular complexity index is 1150. The molecule has 5 heteroatoms. The highest BCUT2D eigenvalue weighted by atomic mass is 32.2. The van der Waals surface area contributed by atoms with Crippen molar-refractivity contribution in [1.82, 2.24) is 4.90 Å². The number of benzene rings is 3. The minimum atomic E-state index is -0.0740. The molecular formula is C28H32N2O2S. The Morgan fingerprint density at radius 1 is 1.06 bits per heavy atom. The summed E-state index contributed by atoms with van der Waals surface area (Å²) in [5.41, 5.74) is 2.70. The second-order valence-electron chi connectivity index (χ2n) is 8.90. The zero-order valence-corrected chi connectivity index (χ0v) is 20.5. The Labute approximate surface area is 200 Å². The fourth-order valence-corrected chi connectivity index (χ4v) is 5.35. The molecule has 4 rings (SSSR count). The number of thioether (sulfide) groups is 1. The summed E-state index contributed by atoms with van der Waals surface area (Å²) in [4.78, 5) is 29.2. The van der Waals surface area contributed by atoms with Gasteiger partial charge in [-0.2, -0.15) is 0 Å². The van der Waals surface area contributed by atoms with Crippen molar-refractivity contribution in [3.05, 3.63) is 71.8 Å². The Kier molecular flexibility index (Phi) is 7.39. The van der Waals surface area contributed by atoms with E-state index in [2.05, 4.69) is 31.3 Å². The van der Waals surface area contributed by atoms with Crippen LogP contribution in [-0.2, 0) is 4.79 Å². The van der Waals surface area contributed by atoms with Crippen LogP contribution < -0.4 is 5.32 Å². The normalized spacial score (nSPS) is 15.4. The van der Waals surface area contributed by atoms with E-state index in [0.717, 1.165) is 34.0 Å². The van der Waals surface area contributed by atoms with Crippen molar-refractivity contribution in [1.29, 1.82) is 0 Å². The number of aryl methyl sites for hydroxylation is 1. The molecule has 1 aliphatic heterocycles. The zero-order valence-electron chi connectivity index (χ0n) is 19.6. The molecule has 1 heterocycles. The molecular weight excluding hydrogens is 428 g/mol. The first-order valence-electron chi connectivity index (χ1n) is 11.8. The summed E-state index contributed by atoms with van der Waals surface area (Å²) in [7, 11) is 0. The van der Waals surface area contributed by atoms with Crippen LogP contribution in [0.2, 0.25) is 0 Å². The van der Waals surface area contributed by atoms with E-state index in [1.807, 2.05) is 72.1 Å². The van der Waals surface area contributed by atoms with E-state index >= 15 is 0 Å². The molecule has 172 valence electrons. The van der Waals surface area contributed by atoms with E-state index < -0.39 is 0 Å². The maximum atomic E-state index is 13.2. The van der Waals surface area contributed by atoms with Gasteiger partial charge in [0.05, 0.1) is 0 Å². The van der Waals surface area contributed by atoms with Gasteiger partial charge in [-0.3, -0.25) is 9.59 Å². The topological polar surface area (TPSA) is 49.4 Å². The van der Waals surface area contributed by atoms with E-state index in [1.54, 1.807) is 0 Å². The zero-order chi connectivity index (χ0) is 23.4. The summed E-state index contributed by atoms with van der Waals surface area (Å²) in [6.45, 7) is 7.67. The summed E-state index contributed by atoms with van der Waals surface area (Å²) in [5, 5.41) is 5.75. The van der Waals surface area contributed by atoms with Crippen LogP contribution in [0.15, 0.2) is 65.6 Å². The fraction of sp³-hybridized carbons (Fsp3) is 0.357. The molecule has 3 aromatic carbocycles. The smallest absolute Gasteiger partial charge is 0.254 e.